The van der Waals surface area contributed by atoms with Gasteiger partial charge in [0.2, 0.25) is 0 Å². The Morgan fingerprint density at radius 1 is 0.792 bits per heavy atom. The van der Waals surface area contributed by atoms with E-state index in [4.69, 9.17) is 9.47 Å². The van der Waals surface area contributed by atoms with E-state index < -0.39 is 0 Å². The fourth-order valence-corrected chi connectivity index (χ4v) is 3.97. The first-order valence-electron chi connectivity index (χ1n) is 6.58. The second kappa shape index (κ2) is 9.59. The van der Waals surface area contributed by atoms with Gasteiger partial charge in [0.25, 0.3) is 0 Å². The Balaban J connectivity index is 2.19. The van der Waals surface area contributed by atoms with Crippen molar-refractivity contribution in [1.82, 2.24) is 0 Å². The first-order chi connectivity index (χ1) is 11.7. The number of aliphatic imine (C=N–C) groups is 2. The minimum atomic E-state index is 0.652. The zero-order chi connectivity index (χ0) is 17.4. The second-order valence-electron chi connectivity index (χ2n) is 4.24. The average Bonchev–Trinajstić information content (AvgIpc) is 2.61. The summed E-state index contributed by atoms with van der Waals surface area (Å²) in [5.74, 6) is 1.31. The third-order valence-electron chi connectivity index (χ3n) is 2.87. The molecule has 122 valence electrons. The lowest BCUT2D eigenvalue weighted by Crippen LogP contribution is -1.84. The summed E-state index contributed by atoms with van der Waals surface area (Å²) in [6.45, 7) is 0. The number of rotatable bonds is 7. The maximum absolute atomic E-state index is 5.24. The molecule has 0 saturated heterocycles. The van der Waals surface area contributed by atoms with Gasteiger partial charge >= 0.3 is 0 Å². The van der Waals surface area contributed by atoms with Gasteiger partial charge < -0.3 is 9.47 Å². The van der Waals surface area contributed by atoms with E-state index in [9.17, 15) is 0 Å². The molecule has 0 aliphatic carbocycles. The molecule has 0 fully saturated rings. The number of hydrogen-bond donors (Lipinski definition) is 0. The molecule has 2 rings (SSSR count). The van der Waals surface area contributed by atoms with Gasteiger partial charge in [-0.15, -0.1) is 0 Å². The number of thiocarbonyl (C=S) groups is 2. The van der Waals surface area contributed by atoms with Gasteiger partial charge in [0, 0.05) is 9.79 Å². The monoisotopic (exact) mass is 392 g/mol. The minimum Gasteiger partial charge on any atom is -0.494 e. The molecule has 0 aromatic heterocycles. The molecule has 0 saturated carbocycles. The minimum absolute atomic E-state index is 0.652. The number of nitrogens with zero attached hydrogens (tertiary/aromatic N) is 2. The molecule has 24 heavy (non-hydrogen) atoms. The van der Waals surface area contributed by atoms with E-state index in [-0.39, 0.29) is 0 Å². The van der Waals surface area contributed by atoms with Gasteiger partial charge in [-0.3, -0.25) is 0 Å². The van der Waals surface area contributed by atoms with Gasteiger partial charge in [0.05, 0.1) is 24.5 Å². The molecular weight excluding hydrogens is 380 g/mol. The third kappa shape index (κ3) is 4.92. The van der Waals surface area contributed by atoms with Crippen LogP contribution in [-0.4, -0.2) is 24.5 Å². The van der Waals surface area contributed by atoms with Crippen molar-refractivity contribution < 1.29 is 9.47 Å². The standard InChI is InChI=1S/C16H12N2O2S4/c1-19-15-5-3-11(7-13(15)17-9-21)23-24-12-4-6-16(20-2)14(8-12)18-10-22/h3-8H,1-2H3. The second-order valence-corrected chi connectivity index (χ2v) is 6.88. The van der Waals surface area contributed by atoms with Crippen molar-refractivity contribution in [2.45, 2.75) is 9.79 Å². The summed E-state index contributed by atoms with van der Waals surface area (Å²) in [5, 5.41) is 4.73. The smallest absolute Gasteiger partial charge is 0.145 e. The Kier molecular flexibility index (Phi) is 7.46. The van der Waals surface area contributed by atoms with Crippen LogP contribution in [0.5, 0.6) is 11.5 Å². The van der Waals surface area contributed by atoms with Gasteiger partial charge in [-0.05, 0) is 60.8 Å². The molecule has 8 heteroatoms. The van der Waals surface area contributed by atoms with E-state index in [1.165, 1.54) is 0 Å². The molecule has 4 nitrogen and oxygen atoms in total. The predicted octanol–water partition coefficient (Wildman–Crippen LogP) is 5.97. The summed E-state index contributed by atoms with van der Waals surface area (Å²) in [7, 11) is 6.35. The largest absolute Gasteiger partial charge is 0.494 e. The number of hydrogen-bond acceptors (Lipinski definition) is 8. The van der Waals surface area contributed by atoms with Crippen molar-refractivity contribution in [3.05, 3.63) is 36.4 Å². The Morgan fingerprint density at radius 2 is 1.21 bits per heavy atom. The summed E-state index contributed by atoms with van der Waals surface area (Å²) in [6.07, 6.45) is 0. The molecule has 0 aliphatic heterocycles. The van der Waals surface area contributed by atoms with E-state index in [0.717, 1.165) is 9.79 Å². The van der Waals surface area contributed by atoms with Crippen LogP contribution in [0.3, 0.4) is 0 Å². The van der Waals surface area contributed by atoms with Crippen molar-refractivity contribution in [2.75, 3.05) is 14.2 Å². The van der Waals surface area contributed by atoms with Crippen LogP contribution in [0, 0.1) is 0 Å². The van der Waals surface area contributed by atoms with Crippen molar-refractivity contribution >= 4 is 67.7 Å². The van der Waals surface area contributed by atoms with Crippen molar-refractivity contribution in [3.63, 3.8) is 0 Å². The van der Waals surface area contributed by atoms with E-state index in [1.54, 1.807) is 35.8 Å². The average molecular weight is 393 g/mol. The molecule has 0 atom stereocenters. The summed E-state index contributed by atoms with van der Waals surface area (Å²) in [6, 6.07) is 11.4. The van der Waals surface area contributed by atoms with Crippen LogP contribution in [0.15, 0.2) is 56.2 Å². The Labute approximate surface area is 158 Å². The van der Waals surface area contributed by atoms with Crippen LogP contribution < -0.4 is 9.47 Å². The molecule has 0 N–H and O–H groups in total. The molecule has 0 heterocycles. The lowest BCUT2D eigenvalue weighted by molar-refractivity contribution is 0.416. The van der Waals surface area contributed by atoms with Crippen molar-refractivity contribution in [1.29, 1.82) is 0 Å². The van der Waals surface area contributed by atoms with E-state index in [2.05, 4.69) is 44.7 Å². The van der Waals surface area contributed by atoms with Gasteiger partial charge in [-0.1, -0.05) is 21.6 Å². The number of ether oxygens (including phenoxy) is 2. The molecule has 0 spiro atoms. The van der Waals surface area contributed by atoms with Gasteiger partial charge in [0.15, 0.2) is 0 Å². The molecular formula is C16H12N2O2S4. The molecule has 0 radical (unpaired) electrons. The highest BCUT2D eigenvalue weighted by molar-refractivity contribution is 8.76. The zero-order valence-corrected chi connectivity index (χ0v) is 16.1. The zero-order valence-electron chi connectivity index (χ0n) is 12.8. The number of methoxy groups -OCH3 is 2. The lowest BCUT2D eigenvalue weighted by Gasteiger charge is -2.08. The van der Waals surface area contributed by atoms with Crippen LogP contribution in [0.1, 0.15) is 0 Å². The highest BCUT2D eigenvalue weighted by atomic mass is 33.1. The van der Waals surface area contributed by atoms with E-state index in [0.29, 0.717) is 22.9 Å². The lowest BCUT2D eigenvalue weighted by atomic mass is 10.3. The normalized spacial score (nSPS) is 9.58. The Hall–Kier alpha value is -1.66. The summed E-state index contributed by atoms with van der Waals surface area (Å²) < 4.78 is 10.5. The topological polar surface area (TPSA) is 43.2 Å². The molecule has 0 amide bonds. The molecule has 0 bridgehead atoms. The number of isothiocyanates is 2. The Morgan fingerprint density at radius 3 is 1.54 bits per heavy atom. The summed E-state index contributed by atoms with van der Waals surface area (Å²) in [5.41, 5.74) is 1.30. The number of benzene rings is 2. The maximum Gasteiger partial charge on any atom is 0.145 e. The van der Waals surface area contributed by atoms with Gasteiger partial charge in [-0.2, -0.15) is 9.98 Å². The predicted molar refractivity (Wildman–Crippen MR) is 107 cm³/mol. The third-order valence-corrected chi connectivity index (χ3v) is 5.43. The van der Waals surface area contributed by atoms with E-state index in [1.807, 2.05) is 36.4 Å². The highest BCUT2D eigenvalue weighted by Gasteiger charge is 2.07. The molecule has 0 unspecified atom stereocenters. The first-order valence-corrected chi connectivity index (χ1v) is 9.54. The highest BCUT2D eigenvalue weighted by Crippen LogP contribution is 2.42. The summed E-state index contributed by atoms with van der Waals surface area (Å²) in [4.78, 5) is 10.1. The molecule has 2 aromatic carbocycles. The van der Waals surface area contributed by atoms with Crippen LogP contribution in [0.2, 0.25) is 0 Å². The molecule has 2 aromatic rings. The van der Waals surface area contributed by atoms with Crippen LogP contribution in [0.4, 0.5) is 11.4 Å². The van der Waals surface area contributed by atoms with Gasteiger partial charge in [0.1, 0.15) is 22.9 Å². The van der Waals surface area contributed by atoms with Crippen LogP contribution >= 0.6 is 46.0 Å². The first kappa shape index (κ1) is 18.7. The van der Waals surface area contributed by atoms with Crippen LogP contribution in [-0.2, 0) is 0 Å². The van der Waals surface area contributed by atoms with E-state index >= 15 is 0 Å². The summed E-state index contributed by atoms with van der Waals surface area (Å²) >= 11 is 9.34. The van der Waals surface area contributed by atoms with Gasteiger partial charge in [-0.25, -0.2) is 0 Å². The fourth-order valence-electron chi connectivity index (χ4n) is 1.81. The Bertz CT molecular complexity index is 759. The fraction of sp³-hybridized carbons (Fsp3) is 0.125. The maximum atomic E-state index is 5.24. The van der Waals surface area contributed by atoms with Crippen molar-refractivity contribution in [3.8, 4) is 11.5 Å². The quantitative estimate of drug-likeness (QED) is 0.328. The molecule has 0 aliphatic rings. The SMILES string of the molecule is COc1ccc(SSc2ccc(OC)c(N=C=S)c2)cc1N=C=S. The van der Waals surface area contributed by atoms with Crippen molar-refractivity contribution in [2.24, 2.45) is 9.98 Å². The van der Waals surface area contributed by atoms with Crippen LogP contribution in [0.25, 0.3) is 0 Å².